The van der Waals surface area contributed by atoms with Crippen LogP contribution in [0.1, 0.15) is 0 Å². The predicted molar refractivity (Wildman–Crippen MR) is 45.2 cm³/mol. The van der Waals surface area contributed by atoms with Gasteiger partial charge in [0.15, 0.2) is 5.15 Å². The molecule has 12 heavy (non-hydrogen) atoms. The van der Waals surface area contributed by atoms with Crippen molar-refractivity contribution in [3.63, 3.8) is 0 Å². The molecule has 0 fully saturated rings. The SMILES string of the molecule is COc1nc(Cl)nc(Cl)c1OC. The maximum atomic E-state index is 5.67. The van der Waals surface area contributed by atoms with Gasteiger partial charge in [-0.15, -0.1) is 0 Å². The molecule has 1 rings (SSSR count). The fourth-order valence-electron chi connectivity index (χ4n) is 0.689. The molecule has 0 saturated heterocycles. The number of methoxy groups -OCH3 is 2. The van der Waals surface area contributed by atoms with Gasteiger partial charge in [0.25, 0.3) is 5.88 Å². The van der Waals surface area contributed by atoms with E-state index in [0.29, 0.717) is 0 Å². The fraction of sp³-hybridized carbons (Fsp3) is 0.333. The van der Waals surface area contributed by atoms with Crippen LogP contribution in [0.3, 0.4) is 0 Å². The second-order valence-electron chi connectivity index (χ2n) is 1.83. The third-order valence-electron chi connectivity index (χ3n) is 1.16. The van der Waals surface area contributed by atoms with Crippen molar-refractivity contribution in [1.29, 1.82) is 0 Å². The van der Waals surface area contributed by atoms with E-state index in [1.165, 1.54) is 14.2 Å². The van der Waals surface area contributed by atoms with Gasteiger partial charge in [-0.05, 0) is 11.6 Å². The number of halogens is 2. The number of rotatable bonds is 2. The molecule has 0 amide bonds. The molecule has 1 aromatic heterocycles. The lowest BCUT2D eigenvalue weighted by Gasteiger charge is -2.06. The van der Waals surface area contributed by atoms with Crippen LogP contribution in [0.25, 0.3) is 0 Å². The van der Waals surface area contributed by atoms with Gasteiger partial charge in [0, 0.05) is 0 Å². The van der Waals surface area contributed by atoms with Gasteiger partial charge in [-0.1, -0.05) is 11.6 Å². The summed E-state index contributed by atoms with van der Waals surface area (Å²) in [6.07, 6.45) is 0. The van der Waals surface area contributed by atoms with Crippen LogP contribution in [0.2, 0.25) is 10.4 Å². The standard InChI is InChI=1S/C6H6Cl2N2O2/c1-11-3-4(7)9-6(8)10-5(3)12-2/h1-2H3. The Labute approximate surface area is 79.4 Å². The molecule has 0 aliphatic heterocycles. The highest BCUT2D eigenvalue weighted by atomic mass is 35.5. The van der Waals surface area contributed by atoms with E-state index < -0.39 is 0 Å². The van der Waals surface area contributed by atoms with Crippen LogP contribution < -0.4 is 9.47 Å². The largest absolute Gasteiger partial charge is 0.489 e. The lowest BCUT2D eigenvalue weighted by Crippen LogP contribution is -1.96. The molecule has 0 saturated carbocycles. The lowest BCUT2D eigenvalue weighted by atomic mass is 10.6. The molecule has 0 aliphatic carbocycles. The third-order valence-corrected chi connectivity index (χ3v) is 1.59. The van der Waals surface area contributed by atoms with Gasteiger partial charge >= 0.3 is 0 Å². The van der Waals surface area contributed by atoms with E-state index in [4.69, 9.17) is 32.7 Å². The smallest absolute Gasteiger partial charge is 0.262 e. The Bertz CT molecular complexity index is 293. The van der Waals surface area contributed by atoms with Crippen LogP contribution in [0.4, 0.5) is 0 Å². The average molecular weight is 209 g/mol. The Morgan fingerprint density at radius 1 is 1.08 bits per heavy atom. The topological polar surface area (TPSA) is 44.2 Å². The van der Waals surface area contributed by atoms with Crippen LogP contribution in [-0.2, 0) is 0 Å². The van der Waals surface area contributed by atoms with Crippen molar-refractivity contribution >= 4 is 23.2 Å². The fourth-order valence-corrected chi connectivity index (χ4v) is 1.13. The summed E-state index contributed by atoms with van der Waals surface area (Å²) in [7, 11) is 2.89. The highest BCUT2D eigenvalue weighted by molar-refractivity contribution is 6.33. The van der Waals surface area contributed by atoms with Crippen molar-refractivity contribution in [3.8, 4) is 11.6 Å². The molecular weight excluding hydrogens is 203 g/mol. The molecule has 0 aliphatic rings. The first-order valence-electron chi connectivity index (χ1n) is 3.00. The minimum absolute atomic E-state index is 0.0256. The van der Waals surface area contributed by atoms with E-state index in [0.717, 1.165) is 0 Å². The van der Waals surface area contributed by atoms with Gasteiger partial charge in [0.05, 0.1) is 14.2 Å². The molecule has 6 heteroatoms. The maximum Gasteiger partial charge on any atom is 0.262 e. The van der Waals surface area contributed by atoms with Crippen molar-refractivity contribution in [1.82, 2.24) is 9.97 Å². The second kappa shape index (κ2) is 3.78. The molecule has 0 aromatic carbocycles. The minimum Gasteiger partial charge on any atom is -0.489 e. The predicted octanol–water partition coefficient (Wildman–Crippen LogP) is 1.80. The molecule has 0 spiro atoms. The maximum absolute atomic E-state index is 5.67. The number of ether oxygens (including phenoxy) is 2. The first-order valence-corrected chi connectivity index (χ1v) is 3.75. The monoisotopic (exact) mass is 208 g/mol. The zero-order valence-corrected chi connectivity index (χ0v) is 7.98. The zero-order valence-electron chi connectivity index (χ0n) is 6.47. The number of hydrogen-bond donors (Lipinski definition) is 0. The van der Waals surface area contributed by atoms with Crippen LogP contribution in [-0.4, -0.2) is 24.2 Å². The normalized spacial score (nSPS) is 9.67. The Morgan fingerprint density at radius 2 is 1.75 bits per heavy atom. The van der Waals surface area contributed by atoms with Crippen LogP contribution in [0.15, 0.2) is 0 Å². The molecule has 66 valence electrons. The quantitative estimate of drug-likeness (QED) is 0.550. The highest BCUT2D eigenvalue weighted by Crippen LogP contribution is 2.31. The number of hydrogen-bond acceptors (Lipinski definition) is 4. The summed E-state index contributed by atoms with van der Waals surface area (Å²) in [4.78, 5) is 7.41. The van der Waals surface area contributed by atoms with Gasteiger partial charge in [-0.2, -0.15) is 4.98 Å². The molecule has 0 N–H and O–H groups in total. The van der Waals surface area contributed by atoms with Crippen molar-refractivity contribution in [2.45, 2.75) is 0 Å². The lowest BCUT2D eigenvalue weighted by molar-refractivity contribution is 0.341. The summed E-state index contributed by atoms with van der Waals surface area (Å²) in [5.41, 5.74) is 0. The van der Waals surface area contributed by atoms with Gasteiger partial charge < -0.3 is 9.47 Å². The van der Waals surface area contributed by atoms with E-state index in [1.807, 2.05) is 0 Å². The molecular formula is C6H6Cl2N2O2. The molecule has 0 atom stereocenters. The molecule has 0 unspecified atom stereocenters. The van der Waals surface area contributed by atoms with Crippen LogP contribution in [0.5, 0.6) is 11.6 Å². The molecule has 0 radical (unpaired) electrons. The second-order valence-corrected chi connectivity index (χ2v) is 2.52. The average Bonchev–Trinajstić information content (AvgIpc) is 2.03. The van der Waals surface area contributed by atoms with E-state index in [2.05, 4.69) is 9.97 Å². The van der Waals surface area contributed by atoms with Crippen LogP contribution in [0, 0.1) is 0 Å². The van der Waals surface area contributed by atoms with E-state index in [1.54, 1.807) is 0 Å². The molecule has 0 bridgehead atoms. The summed E-state index contributed by atoms with van der Waals surface area (Å²) in [6.45, 7) is 0. The Hall–Kier alpha value is -0.740. The Kier molecular flexibility index (Phi) is 2.94. The first-order chi connectivity index (χ1) is 5.69. The first kappa shape index (κ1) is 9.35. The van der Waals surface area contributed by atoms with Crippen molar-refractivity contribution < 1.29 is 9.47 Å². The van der Waals surface area contributed by atoms with E-state index >= 15 is 0 Å². The highest BCUT2D eigenvalue weighted by Gasteiger charge is 2.12. The Balaban J connectivity index is 3.24. The van der Waals surface area contributed by atoms with Crippen molar-refractivity contribution in [2.24, 2.45) is 0 Å². The number of aromatic nitrogens is 2. The molecule has 1 aromatic rings. The summed E-state index contributed by atoms with van der Waals surface area (Å²) in [5.74, 6) is 0.506. The number of nitrogens with zero attached hydrogens (tertiary/aromatic N) is 2. The van der Waals surface area contributed by atoms with Crippen LogP contribution >= 0.6 is 23.2 Å². The summed E-state index contributed by atoms with van der Waals surface area (Å²) < 4.78 is 9.73. The zero-order chi connectivity index (χ0) is 9.14. The Morgan fingerprint density at radius 3 is 2.25 bits per heavy atom. The van der Waals surface area contributed by atoms with Gasteiger partial charge in [0.2, 0.25) is 11.0 Å². The third kappa shape index (κ3) is 1.70. The van der Waals surface area contributed by atoms with Crippen molar-refractivity contribution in [2.75, 3.05) is 14.2 Å². The minimum atomic E-state index is 0.0256. The van der Waals surface area contributed by atoms with E-state index in [-0.39, 0.29) is 22.1 Å². The summed E-state index contributed by atoms with van der Waals surface area (Å²) >= 11 is 11.2. The molecule has 1 heterocycles. The summed E-state index contributed by atoms with van der Waals surface area (Å²) in [6, 6.07) is 0. The summed E-state index contributed by atoms with van der Waals surface area (Å²) in [5, 5.41) is 0.159. The van der Waals surface area contributed by atoms with Gasteiger partial charge in [-0.3, -0.25) is 0 Å². The van der Waals surface area contributed by atoms with Gasteiger partial charge in [-0.25, -0.2) is 4.98 Å². The molecule has 4 nitrogen and oxygen atoms in total. The van der Waals surface area contributed by atoms with Crippen molar-refractivity contribution in [3.05, 3.63) is 10.4 Å². The van der Waals surface area contributed by atoms with E-state index in [9.17, 15) is 0 Å². The van der Waals surface area contributed by atoms with Gasteiger partial charge in [0.1, 0.15) is 0 Å².